The molecule has 0 saturated heterocycles. The quantitative estimate of drug-likeness (QED) is 0.732. The molecule has 1 aliphatic carbocycles. The van der Waals surface area contributed by atoms with Crippen LogP contribution in [-0.2, 0) is 10.0 Å². The molecule has 3 nitrogen and oxygen atoms in total. The van der Waals surface area contributed by atoms with Gasteiger partial charge in [-0.15, -0.1) is 0 Å². The maximum atomic E-state index is 13.1. The van der Waals surface area contributed by atoms with Crippen molar-refractivity contribution in [1.82, 2.24) is 3.97 Å². The monoisotopic (exact) mass is 309 g/mol. The Kier molecular flexibility index (Phi) is 2.94. The van der Waals surface area contributed by atoms with Crippen LogP contribution < -0.4 is 0 Å². The number of aromatic nitrogens is 1. The van der Waals surface area contributed by atoms with E-state index >= 15 is 0 Å². The first-order valence-corrected chi connectivity index (χ1v) is 8.71. The van der Waals surface area contributed by atoms with Crippen LogP contribution in [0.5, 0.6) is 0 Å². The van der Waals surface area contributed by atoms with Crippen LogP contribution in [0.2, 0.25) is 0 Å². The minimum Gasteiger partial charge on any atom is -0.234 e. The van der Waals surface area contributed by atoms with E-state index in [1.54, 1.807) is 24.3 Å². The van der Waals surface area contributed by atoms with Gasteiger partial charge in [0, 0.05) is 5.39 Å². The Bertz CT molecular complexity index is 976. The fourth-order valence-corrected chi connectivity index (χ4v) is 4.16. The van der Waals surface area contributed by atoms with Crippen LogP contribution in [0, 0.1) is 0 Å². The Morgan fingerprint density at radius 1 is 0.909 bits per heavy atom. The highest BCUT2D eigenvalue weighted by atomic mass is 32.2. The molecule has 2 aromatic carbocycles. The summed E-state index contributed by atoms with van der Waals surface area (Å²) in [7, 11) is -3.60. The average molecular weight is 309 g/mol. The van der Waals surface area contributed by atoms with Crippen LogP contribution in [0.4, 0.5) is 0 Å². The summed E-state index contributed by atoms with van der Waals surface area (Å²) in [5.74, 6) is 0. The van der Waals surface area contributed by atoms with E-state index in [2.05, 4.69) is 0 Å². The second kappa shape index (κ2) is 4.85. The van der Waals surface area contributed by atoms with Crippen molar-refractivity contribution in [1.29, 1.82) is 0 Å². The summed E-state index contributed by atoms with van der Waals surface area (Å²) in [6, 6.07) is 18.1. The molecule has 0 spiro atoms. The first kappa shape index (κ1) is 13.3. The van der Waals surface area contributed by atoms with E-state index in [4.69, 9.17) is 0 Å². The van der Waals surface area contributed by atoms with Gasteiger partial charge in [0.25, 0.3) is 10.0 Å². The zero-order chi connectivity index (χ0) is 15.2. The molecule has 0 atom stereocenters. The van der Waals surface area contributed by atoms with Crippen LogP contribution in [0.25, 0.3) is 17.0 Å². The van der Waals surface area contributed by atoms with Gasteiger partial charge in [-0.1, -0.05) is 42.0 Å². The van der Waals surface area contributed by atoms with E-state index in [0.29, 0.717) is 4.90 Å². The molecule has 0 unspecified atom stereocenters. The van der Waals surface area contributed by atoms with Crippen LogP contribution >= 0.6 is 0 Å². The van der Waals surface area contributed by atoms with Crippen LogP contribution in [0.3, 0.4) is 0 Å². The molecule has 22 heavy (non-hydrogen) atoms. The van der Waals surface area contributed by atoms with E-state index in [9.17, 15) is 8.42 Å². The molecule has 0 radical (unpaired) electrons. The van der Waals surface area contributed by atoms with Gasteiger partial charge >= 0.3 is 0 Å². The lowest BCUT2D eigenvalue weighted by Crippen LogP contribution is -2.14. The fraction of sp³-hybridized carbons (Fsp3) is 0.111. The van der Waals surface area contributed by atoms with Gasteiger partial charge in [-0.25, -0.2) is 12.4 Å². The number of nitrogens with zero attached hydrogens (tertiary/aromatic N) is 1. The Morgan fingerprint density at radius 3 is 2.32 bits per heavy atom. The SMILES string of the molecule is O=S(=O)(c1ccccc1)n1c(C=C2CC2)cc2ccccc21. The lowest BCUT2D eigenvalue weighted by molar-refractivity contribution is 0.589. The Balaban J connectivity index is 2.03. The molecule has 0 amide bonds. The molecule has 1 aromatic heterocycles. The van der Waals surface area contributed by atoms with Crippen molar-refractivity contribution in [3.05, 3.63) is 71.9 Å². The third kappa shape index (κ3) is 2.16. The van der Waals surface area contributed by atoms with E-state index in [0.717, 1.165) is 29.4 Å². The summed E-state index contributed by atoms with van der Waals surface area (Å²) in [4.78, 5) is 0.312. The third-order valence-corrected chi connectivity index (χ3v) is 5.62. The Hall–Kier alpha value is -2.33. The number of para-hydroxylation sites is 1. The van der Waals surface area contributed by atoms with Gasteiger partial charge in [0.05, 0.1) is 16.1 Å². The molecule has 1 saturated carbocycles. The molecule has 0 N–H and O–H groups in total. The highest BCUT2D eigenvalue weighted by molar-refractivity contribution is 7.90. The van der Waals surface area contributed by atoms with Crippen molar-refractivity contribution in [2.75, 3.05) is 0 Å². The van der Waals surface area contributed by atoms with Crippen LogP contribution in [0.15, 0.2) is 71.1 Å². The highest BCUT2D eigenvalue weighted by Crippen LogP contribution is 2.33. The zero-order valence-corrected chi connectivity index (χ0v) is 12.8. The molecule has 4 rings (SSSR count). The van der Waals surface area contributed by atoms with Crippen molar-refractivity contribution in [3.63, 3.8) is 0 Å². The summed E-state index contributed by atoms with van der Waals surface area (Å²) in [6.07, 6.45) is 4.13. The van der Waals surface area contributed by atoms with Gasteiger partial charge in [-0.05, 0) is 43.2 Å². The summed E-state index contributed by atoms with van der Waals surface area (Å²) in [5, 5.41) is 0.939. The molecule has 1 aliphatic rings. The second-order valence-corrected chi connectivity index (χ2v) is 7.30. The molecule has 0 bridgehead atoms. The minimum absolute atomic E-state index is 0.312. The zero-order valence-electron chi connectivity index (χ0n) is 11.9. The standard InChI is InChI=1S/C18H15NO2S/c20-22(21,17-7-2-1-3-8-17)19-16(12-14-10-11-14)13-15-6-4-5-9-18(15)19/h1-9,12-13H,10-11H2. The summed E-state index contributed by atoms with van der Waals surface area (Å²) < 4.78 is 27.6. The van der Waals surface area contributed by atoms with Gasteiger partial charge in [-0.3, -0.25) is 0 Å². The molecule has 110 valence electrons. The maximum Gasteiger partial charge on any atom is 0.268 e. The van der Waals surface area contributed by atoms with Crippen molar-refractivity contribution >= 4 is 27.0 Å². The topological polar surface area (TPSA) is 39.1 Å². The average Bonchev–Trinajstić information content (AvgIpc) is 3.26. The number of fused-ring (bicyclic) bond motifs is 1. The Labute approximate surface area is 129 Å². The highest BCUT2D eigenvalue weighted by Gasteiger charge is 2.23. The van der Waals surface area contributed by atoms with Crippen LogP contribution in [0.1, 0.15) is 18.5 Å². The van der Waals surface area contributed by atoms with Gasteiger partial charge in [-0.2, -0.15) is 0 Å². The number of allylic oxidation sites excluding steroid dienone is 1. The summed E-state index contributed by atoms with van der Waals surface area (Å²) >= 11 is 0. The molecule has 0 aliphatic heterocycles. The van der Waals surface area contributed by atoms with E-state index in [1.165, 1.54) is 9.55 Å². The van der Waals surface area contributed by atoms with Crippen molar-refractivity contribution in [2.45, 2.75) is 17.7 Å². The number of benzene rings is 2. The smallest absolute Gasteiger partial charge is 0.234 e. The molecular weight excluding hydrogens is 294 g/mol. The minimum atomic E-state index is -3.60. The van der Waals surface area contributed by atoms with Crippen molar-refractivity contribution in [2.24, 2.45) is 0 Å². The summed E-state index contributed by atoms with van der Waals surface area (Å²) in [5.41, 5.74) is 2.75. The predicted molar refractivity (Wildman–Crippen MR) is 88.2 cm³/mol. The van der Waals surface area contributed by atoms with Crippen LogP contribution in [-0.4, -0.2) is 12.4 Å². The normalized spacial score (nSPS) is 14.3. The third-order valence-electron chi connectivity index (χ3n) is 3.87. The van der Waals surface area contributed by atoms with Crippen molar-refractivity contribution < 1.29 is 8.42 Å². The molecule has 4 heteroatoms. The van der Waals surface area contributed by atoms with Gasteiger partial charge in [0.1, 0.15) is 0 Å². The van der Waals surface area contributed by atoms with E-state index in [-0.39, 0.29) is 0 Å². The maximum absolute atomic E-state index is 13.1. The molecule has 3 aromatic rings. The fourth-order valence-electron chi connectivity index (χ4n) is 2.64. The molecule has 1 heterocycles. The lowest BCUT2D eigenvalue weighted by Gasteiger charge is -2.10. The van der Waals surface area contributed by atoms with Gasteiger partial charge in [0.2, 0.25) is 0 Å². The van der Waals surface area contributed by atoms with E-state index < -0.39 is 10.0 Å². The molecule has 1 fully saturated rings. The second-order valence-electron chi connectivity index (χ2n) is 5.51. The first-order valence-electron chi connectivity index (χ1n) is 7.27. The number of hydrogen-bond donors (Lipinski definition) is 0. The predicted octanol–water partition coefficient (Wildman–Crippen LogP) is 4.06. The van der Waals surface area contributed by atoms with Gasteiger partial charge in [0.15, 0.2) is 0 Å². The van der Waals surface area contributed by atoms with Crippen molar-refractivity contribution in [3.8, 4) is 0 Å². The number of hydrogen-bond acceptors (Lipinski definition) is 2. The Morgan fingerprint density at radius 2 is 1.59 bits per heavy atom. The number of rotatable bonds is 3. The lowest BCUT2D eigenvalue weighted by atomic mass is 10.2. The summed E-state index contributed by atoms with van der Waals surface area (Å²) in [6.45, 7) is 0. The first-order chi connectivity index (χ1) is 10.7. The molecular formula is C18H15NO2S. The van der Waals surface area contributed by atoms with Gasteiger partial charge < -0.3 is 0 Å². The largest absolute Gasteiger partial charge is 0.268 e. The van der Waals surface area contributed by atoms with E-state index in [1.807, 2.05) is 42.5 Å².